The smallest absolute Gasteiger partial charge is 0.174 e. The van der Waals surface area contributed by atoms with Crippen molar-refractivity contribution in [3.8, 4) is 11.5 Å². The number of thiocarbonyl (C=S) groups is 1. The van der Waals surface area contributed by atoms with Crippen LogP contribution in [0.15, 0.2) is 54.7 Å². The zero-order valence-corrected chi connectivity index (χ0v) is 18.6. The molecule has 1 aromatic heterocycles. The lowest BCUT2D eigenvalue weighted by molar-refractivity contribution is 0.284. The van der Waals surface area contributed by atoms with Crippen molar-refractivity contribution in [2.45, 2.75) is 26.4 Å². The lowest BCUT2D eigenvalue weighted by atomic mass is 9.98. The van der Waals surface area contributed by atoms with Crippen LogP contribution in [0.4, 0.5) is 5.69 Å². The van der Waals surface area contributed by atoms with Gasteiger partial charge in [-0.15, -0.1) is 0 Å². The second kappa shape index (κ2) is 8.40. The number of benzene rings is 2. The van der Waals surface area contributed by atoms with E-state index in [1.54, 1.807) is 14.2 Å². The summed E-state index contributed by atoms with van der Waals surface area (Å²) in [5, 5.41) is 4.15. The topological polar surface area (TPSA) is 38.7 Å². The summed E-state index contributed by atoms with van der Waals surface area (Å²) in [5.74, 6) is 1.61. The van der Waals surface area contributed by atoms with Gasteiger partial charge in [0.1, 0.15) is 17.5 Å². The van der Waals surface area contributed by atoms with Crippen LogP contribution >= 0.6 is 12.2 Å². The second-order valence-corrected chi connectivity index (χ2v) is 8.02. The second-order valence-electron chi connectivity index (χ2n) is 7.64. The van der Waals surface area contributed by atoms with E-state index in [0.29, 0.717) is 5.11 Å². The third-order valence-electron chi connectivity index (χ3n) is 5.50. The molecule has 0 aliphatic carbocycles. The molecule has 2 aromatic carbocycles. The largest absolute Gasteiger partial charge is 0.497 e. The first kappa shape index (κ1) is 20.3. The molecular formula is C24H27N3O2S. The molecular weight excluding hydrogens is 394 g/mol. The Morgan fingerprint density at radius 3 is 2.47 bits per heavy atom. The molecule has 0 saturated carbocycles. The van der Waals surface area contributed by atoms with Crippen LogP contribution in [0.3, 0.4) is 0 Å². The number of hydrogen-bond donors (Lipinski definition) is 1. The highest BCUT2D eigenvalue weighted by Crippen LogP contribution is 2.39. The van der Waals surface area contributed by atoms with Gasteiger partial charge in [0.05, 0.1) is 14.2 Å². The summed E-state index contributed by atoms with van der Waals surface area (Å²) >= 11 is 5.90. The predicted molar refractivity (Wildman–Crippen MR) is 125 cm³/mol. The van der Waals surface area contributed by atoms with Crippen LogP contribution in [-0.2, 0) is 6.54 Å². The first-order valence-corrected chi connectivity index (χ1v) is 10.4. The normalized spacial score (nSPS) is 15.5. The van der Waals surface area contributed by atoms with E-state index in [4.69, 9.17) is 21.7 Å². The number of nitrogens with one attached hydrogen (secondary N) is 1. The monoisotopic (exact) mass is 421 g/mol. The molecule has 1 N–H and O–H groups in total. The summed E-state index contributed by atoms with van der Waals surface area (Å²) in [7, 11) is 3.38. The number of ether oxygens (including phenoxy) is 2. The Kier molecular flexibility index (Phi) is 5.68. The van der Waals surface area contributed by atoms with E-state index in [1.807, 2.05) is 18.2 Å². The van der Waals surface area contributed by atoms with Crippen molar-refractivity contribution in [1.82, 2.24) is 9.47 Å². The summed E-state index contributed by atoms with van der Waals surface area (Å²) in [6.07, 6.45) is 2.12. The van der Waals surface area contributed by atoms with Crippen molar-refractivity contribution in [2.24, 2.45) is 0 Å². The summed E-state index contributed by atoms with van der Waals surface area (Å²) in [6.45, 7) is 5.86. The molecule has 1 aliphatic rings. The fourth-order valence-corrected chi connectivity index (χ4v) is 4.54. The molecule has 2 heterocycles. The fraction of sp³-hybridized carbons (Fsp3) is 0.292. The van der Waals surface area contributed by atoms with Crippen LogP contribution in [-0.4, -0.2) is 35.3 Å². The van der Waals surface area contributed by atoms with Crippen molar-refractivity contribution >= 4 is 23.0 Å². The maximum absolute atomic E-state index is 5.90. The number of fused-ring (bicyclic) bond motifs is 1. The maximum atomic E-state index is 5.90. The summed E-state index contributed by atoms with van der Waals surface area (Å²) < 4.78 is 13.5. The van der Waals surface area contributed by atoms with Crippen LogP contribution in [0.25, 0.3) is 0 Å². The average molecular weight is 422 g/mol. The van der Waals surface area contributed by atoms with E-state index in [-0.39, 0.29) is 6.04 Å². The Balaban J connectivity index is 1.75. The molecule has 3 aromatic rings. The van der Waals surface area contributed by atoms with Crippen LogP contribution in [0.5, 0.6) is 11.5 Å². The predicted octanol–water partition coefficient (Wildman–Crippen LogP) is 4.92. The van der Waals surface area contributed by atoms with Crippen LogP contribution in [0, 0.1) is 13.8 Å². The van der Waals surface area contributed by atoms with Gasteiger partial charge in [0.25, 0.3) is 0 Å². The van der Waals surface area contributed by atoms with Gasteiger partial charge in [-0.05, 0) is 79.7 Å². The lowest BCUT2D eigenvalue weighted by Gasteiger charge is -2.39. The number of anilines is 1. The molecule has 0 bridgehead atoms. The molecule has 30 heavy (non-hydrogen) atoms. The van der Waals surface area contributed by atoms with E-state index >= 15 is 0 Å². The van der Waals surface area contributed by atoms with Crippen LogP contribution < -0.4 is 14.8 Å². The summed E-state index contributed by atoms with van der Waals surface area (Å²) in [5.41, 5.74) is 5.63. The molecule has 0 fully saturated rings. The van der Waals surface area contributed by atoms with E-state index in [1.165, 1.54) is 16.8 Å². The summed E-state index contributed by atoms with van der Waals surface area (Å²) in [4.78, 5) is 2.24. The molecule has 6 heteroatoms. The van der Waals surface area contributed by atoms with Gasteiger partial charge >= 0.3 is 0 Å². The van der Waals surface area contributed by atoms with Gasteiger partial charge in [-0.1, -0.05) is 6.07 Å². The highest BCUT2D eigenvalue weighted by atomic mass is 32.1. The number of hydrogen-bond acceptors (Lipinski definition) is 3. The fourth-order valence-electron chi connectivity index (χ4n) is 4.22. The van der Waals surface area contributed by atoms with Gasteiger partial charge in [-0.2, -0.15) is 0 Å². The number of nitrogens with zero attached hydrogens (tertiary/aromatic N) is 2. The summed E-state index contributed by atoms with van der Waals surface area (Å²) in [6, 6.07) is 16.5. The number of methoxy groups -OCH3 is 2. The highest BCUT2D eigenvalue weighted by molar-refractivity contribution is 7.80. The first-order valence-electron chi connectivity index (χ1n) is 10.0. The van der Waals surface area contributed by atoms with Crippen molar-refractivity contribution < 1.29 is 9.47 Å². The standard InChI is InChI=1S/C24H27N3O2S/c1-16-12-17(2)14-18(13-16)25-24(30)27-11-10-26-9-5-6-21(26)23(27)20-15-19(28-3)7-8-22(20)29-4/h5-9,12-15,23H,10-11H2,1-4H3,(H,25,30)/t23-/m0/s1. The van der Waals surface area contributed by atoms with Crippen molar-refractivity contribution in [2.75, 3.05) is 26.1 Å². The van der Waals surface area contributed by atoms with E-state index in [2.05, 4.69) is 65.2 Å². The van der Waals surface area contributed by atoms with Gasteiger partial charge < -0.3 is 24.3 Å². The molecule has 0 amide bonds. The number of aryl methyl sites for hydroxylation is 2. The third-order valence-corrected chi connectivity index (χ3v) is 5.84. The molecule has 4 rings (SSSR count). The molecule has 0 unspecified atom stereocenters. The Bertz CT molecular complexity index is 1060. The first-order chi connectivity index (χ1) is 14.5. The van der Waals surface area contributed by atoms with E-state index in [0.717, 1.165) is 35.8 Å². The third kappa shape index (κ3) is 3.87. The van der Waals surface area contributed by atoms with Crippen molar-refractivity contribution in [3.63, 3.8) is 0 Å². The minimum atomic E-state index is -0.0790. The maximum Gasteiger partial charge on any atom is 0.174 e. The highest BCUT2D eigenvalue weighted by Gasteiger charge is 2.33. The van der Waals surface area contributed by atoms with Gasteiger partial charge in [0.15, 0.2) is 5.11 Å². The Morgan fingerprint density at radius 2 is 1.77 bits per heavy atom. The molecule has 156 valence electrons. The van der Waals surface area contributed by atoms with Crippen molar-refractivity contribution in [1.29, 1.82) is 0 Å². The molecule has 0 spiro atoms. The van der Waals surface area contributed by atoms with E-state index in [9.17, 15) is 0 Å². The molecule has 0 saturated heterocycles. The van der Waals surface area contributed by atoms with Gasteiger partial charge in [-0.3, -0.25) is 0 Å². The minimum Gasteiger partial charge on any atom is -0.497 e. The van der Waals surface area contributed by atoms with Crippen LogP contribution in [0.2, 0.25) is 0 Å². The van der Waals surface area contributed by atoms with Gasteiger partial charge in [-0.25, -0.2) is 0 Å². The average Bonchev–Trinajstić information content (AvgIpc) is 3.20. The Hall–Kier alpha value is -2.99. The molecule has 1 aliphatic heterocycles. The molecule has 5 nitrogen and oxygen atoms in total. The SMILES string of the molecule is COc1ccc(OC)c([C@H]2c3cccn3CCN2C(=S)Nc2cc(C)cc(C)c2)c1. The Morgan fingerprint density at radius 1 is 1.00 bits per heavy atom. The minimum absolute atomic E-state index is 0.0790. The zero-order chi connectivity index (χ0) is 21.3. The van der Waals surface area contributed by atoms with Gasteiger partial charge in [0.2, 0.25) is 0 Å². The van der Waals surface area contributed by atoms with E-state index < -0.39 is 0 Å². The van der Waals surface area contributed by atoms with Crippen molar-refractivity contribution in [3.05, 3.63) is 77.1 Å². The lowest BCUT2D eigenvalue weighted by Crippen LogP contribution is -2.44. The molecule has 0 radical (unpaired) electrons. The molecule has 1 atom stereocenters. The van der Waals surface area contributed by atoms with Gasteiger partial charge in [0, 0.05) is 36.2 Å². The Labute approximate surface area is 183 Å². The number of aromatic nitrogens is 1. The van der Waals surface area contributed by atoms with Crippen LogP contribution in [0.1, 0.15) is 28.4 Å². The quantitative estimate of drug-likeness (QED) is 0.605. The number of rotatable bonds is 4. The zero-order valence-electron chi connectivity index (χ0n) is 17.8.